The predicted molar refractivity (Wildman–Crippen MR) is 97.4 cm³/mol. The van der Waals surface area contributed by atoms with Crippen molar-refractivity contribution in [2.24, 2.45) is 11.3 Å². The number of aliphatic hydroxyl groups excluding tert-OH is 1. The number of rotatable bonds is 4. The van der Waals surface area contributed by atoms with E-state index in [1.807, 2.05) is 18.2 Å². The Kier molecular flexibility index (Phi) is 4.62. The van der Waals surface area contributed by atoms with Gasteiger partial charge in [0.25, 0.3) is 0 Å². The van der Waals surface area contributed by atoms with E-state index in [1.165, 1.54) is 5.56 Å². The fraction of sp³-hybridized carbons (Fsp3) is 0.600. The number of hydrogen-bond donors (Lipinski definition) is 1. The summed E-state index contributed by atoms with van der Waals surface area (Å²) in [5.74, 6) is 0.0675. The first-order valence-corrected chi connectivity index (χ1v) is 9.06. The summed E-state index contributed by atoms with van der Waals surface area (Å²) >= 11 is 0. The highest BCUT2D eigenvalue weighted by Crippen LogP contribution is 2.39. The Morgan fingerprint density at radius 3 is 2.68 bits per heavy atom. The molecule has 1 aromatic rings. The zero-order valence-corrected chi connectivity index (χ0v) is 15.5. The summed E-state index contributed by atoms with van der Waals surface area (Å²) in [6.45, 7) is 9.40. The molecule has 0 saturated carbocycles. The van der Waals surface area contributed by atoms with Gasteiger partial charge >= 0.3 is 0 Å². The van der Waals surface area contributed by atoms with Crippen LogP contribution in [0.1, 0.15) is 45.6 Å². The van der Waals surface area contributed by atoms with Crippen molar-refractivity contribution >= 4 is 17.5 Å². The fourth-order valence-electron chi connectivity index (χ4n) is 3.95. The Balaban J connectivity index is 1.73. The number of carbonyl (C=O) groups is 2. The summed E-state index contributed by atoms with van der Waals surface area (Å²) in [5.41, 5.74) is 2.00. The molecule has 25 heavy (non-hydrogen) atoms. The molecule has 2 saturated heterocycles. The van der Waals surface area contributed by atoms with Crippen LogP contribution in [0, 0.1) is 11.3 Å². The number of hydrogen-bond acceptors (Lipinski definition) is 3. The molecular weight excluding hydrogens is 316 g/mol. The van der Waals surface area contributed by atoms with Gasteiger partial charge in [-0.05, 0) is 23.6 Å². The Morgan fingerprint density at radius 2 is 2.08 bits per heavy atom. The molecule has 1 aromatic carbocycles. The number of carbonyl (C=O) groups excluding carboxylic acids is 2. The molecule has 136 valence electrons. The average Bonchev–Trinajstić information content (AvgIpc) is 2.94. The van der Waals surface area contributed by atoms with E-state index in [2.05, 4.69) is 33.8 Å². The van der Waals surface area contributed by atoms with Crippen LogP contribution in [-0.4, -0.2) is 47.6 Å². The lowest BCUT2D eigenvalue weighted by atomic mass is 9.74. The minimum atomic E-state index is -0.319. The van der Waals surface area contributed by atoms with Crippen molar-refractivity contribution in [2.75, 3.05) is 24.6 Å². The largest absolute Gasteiger partial charge is 0.394 e. The molecule has 2 aliphatic rings. The van der Waals surface area contributed by atoms with Crippen molar-refractivity contribution in [1.29, 1.82) is 0 Å². The third-order valence-electron chi connectivity index (χ3n) is 5.63. The van der Waals surface area contributed by atoms with Crippen molar-refractivity contribution in [3.63, 3.8) is 0 Å². The van der Waals surface area contributed by atoms with Crippen molar-refractivity contribution in [2.45, 2.75) is 46.1 Å². The molecule has 0 aliphatic carbocycles. The molecule has 0 radical (unpaired) electrons. The highest BCUT2D eigenvalue weighted by molar-refractivity contribution is 6.00. The van der Waals surface area contributed by atoms with Gasteiger partial charge in [-0.3, -0.25) is 9.59 Å². The van der Waals surface area contributed by atoms with Crippen LogP contribution in [-0.2, 0) is 9.59 Å². The van der Waals surface area contributed by atoms with Crippen molar-refractivity contribution in [3.05, 3.63) is 29.8 Å². The monoisotopic (exact) mass is 344 g/mol. The first-order valence-electron chi connectivity index (χ1n) is 9.06. The number of aliphatic hydroxyl groups is 1. The zero-order chi connectivity index (χ0) is 18.4. The highest BCUT2D eigenvalue weighted by Gasteiger charge is 2.50. The summed E-state index contributed by atoms with van der Waals surface area (Å²) in [7, 11) is 0. The van der Waals surface area contributed by atoms with E-state index >= 15 is 0 Å². The van der Waals surface area contributed by atoms with E-state index in [0.29, 0.717) is 19.0 Å². The lowest BCUT2D eigenvalue weighted by Crippen LogP contribution is -2.66. The lowest BCUT2D eigenvalue weighted by Gasteiger charge is -2.54. The van der Waals surface area contributed by atoms with Crippen molar-refractivity contribution in [1.82, 2.24) is 4.90 Å². The topological polar surface area (TPSA) is 60.9 Å². The first-order chi connectivity index (χ1) is 11.7. The van der Waals surface area contributed by atoms with Crippen molar-refractivity contribution < 1.29 is 14.7 Å². The minimum absolute atomic E-state index is 0.000381. The van der Waals surface area contributed by atoms with Gasteiger partial charge in [0.1, 0.15) is 0 Å². The zero-order valence-electron chi connectivity index (χ0n) is 15.5. The molecule has 0 spiro atoms. The number of nitrogens with zero attached hydrogens (tertiary/aromatic N) is 2. The van der Waals surface area contributed by atoms with Gasteiger partial charge in [0.2, 0.25) is 11.8 Å². The van der Waals surface area contributed by atoms with E-state index in [0.717, 1.165) is 5.69 Å². The van der Waals surface area contributed by atoms with Crippen LogP contribution >= 0.6 is 0 Å². The number of likely N-dealkylation sites (tertiary alicyclic amines) is 1. The molecule has 1 N–H and O–H groups in total. The average molecular weight is 344 g/mol. The van der Waals surface area contributed by atoms with Gasteiger partial charge in [0.05, 0.1) is 18.6 Å². The van der Waals surface area contributed by atoms with Crippen LogP contribution in [0.15, 0.2) is 24.3 Å². The molecule has 5 nitrogen and oxygen atoms in total. The van der Waals surface area contributed by atoms with Crippen LogP contribution in [0.2, 0.25) is 0 Å². The SMILES string of the molecule is CC(C)c1cccc(N2CC(C(=O)N3CC(C)(C)C3CO)CC2=O)c1. The number of anilines is 1. The minimum Gasteiger partial charge on any atom is -0.394 e. The molecule has 2 heterocycles. The second kappa shape index (κ2) is 6.45. The third kappa shape index (κ3) is 3.17. The molecule has 2 atom stereocenters. The Hall–Kier alpha value is -1.88. The van der Waals surface area contributed by atoms with Gasteiger partial charge < -0.3 is 14.9 Å². The fourth-order valence-corrected chi connectivity index (χ4v) is 3.95. The van der Waals surface area contributed by atoms with E-state index in [4.69, 9.17) is 0 Å². The predicted octanol–water partition coefficient (Wildman–Crippen LogP) is 2.39. The third-order valence-corrected chi connectivity index (χ3v) is 5.63. The van der Waals surface area contributed by atoms with Crippen molar-refractivity contribution in [3.8, 4) is 0 Å². The van der Waals surface area contributed by atoms with E-state index in [1.54, 1.807) is 9.80 Å². The molecule has 2 unspecified atom stereocenters. The quantitative estimate of drug-likeness (QED) is 0.912. The second-order valence-electron chi connectivity index (χ2n) is 8.31. The summed E-state index contributed by atoms with van der Waals surface area (Å²) in [6.07, 6.45) is 0.250. The molecule has 3 rings (SSSR count). The van der Waals surface area contributed by atoms with Crippen LogP contribution in [0.25, 0.3) is 0 Å². The summed E-state index contributed by atoms with van der Waals surface area (Å²) in [5, 5.41) is 9.58. The molecule has 2 fully saturated rings. The first kappa shape index (κ1) is 17.9. The molecule has 0 bridgehead atoms. The maximum atomic E-state index is 12.8. The Labute approximate surface area is 149 Å². The van der Waals surface area contributed by atoms with Crippen LogP contribution in [0.4, 0.5) is 5.69 Å². The maximum Gasteiger partial charge on any atom is 0.228 e. The second-order valence-corrected chi connectivity index (χ2v) is 8.31. The smallest absolute Gasteiger partial charge is 0.228 e. The van der Waals surface area contributed by atoms with Crippen LogP contribution in [0.5, 0.6) is 0 Å². The Bertz CT molecular complexity index is 683. The molecule has 0 aromatic heterocycles. The summed E-state index contributed by atoms with van der Waals surface area (Å²) in [6, 6.07) is 7.85. The standard InChI is InChI=1S/C20H28N2O3/c1-13(2)14-6-5-7-16(8-14)21-10-15(9-18(21)24)19(25)22-12-20(3,4)17(22)11-23/h5-8,13,15,17,23H,9-12H2,1-4H3. The molecular formula is C20H28N2O3. The van der Waals surface area contributed by atoms with Gasteiger partial charge in [-0.1, -0.05) is 39.8 Å². The maximum absolute atomic E-state index is 12.8. The number of benzene rings is 1. The normalized spacial score (nSPS) is 25.4. The van der Waals surface area contributed by atoms with E-state index in [-0.39, 0.29) is 42.2 Å². The number of amides is 2. The van der Waals surface area contributed by atoms with E-state index in [9.17, 15) is 14.7 Å². The summed E-state index contributed by atoms with van der Waals surface area (Å²) < 4.78 is 0. The molecule has 2 amide bonds. The molecule has 5 heteroatoms. The Morgan fingerprint density at radius 1 is 1.36 bits per heavy atom. The van der Waals surface area contributed by atoms with Gasteiger partial charge in [-0.2, -0.15) is 0 Å². The van der Waals surface area contributed by atoms with Crippen LogP contribution < -0.4 is 4.90 Å². The van der Waals surface area contributed by atoms with Gasteiger partial charge in [-0.25, -0.2) is 0 Å². The van der Waals surface area contributed by atoms with E-state index < -0.39 is 0 Å². The van der Waals surface area contributed by atoms with Gasteiger partial charge in [0.15, 0.2) is 0 Å². The highest BCUT2D eigenvalue weighted by atomic mass is 16.3. The van der Waals surface area contributed by atoms with Gasteiger partial charge in [-0.15, -0.1) is 0 Å². The van der Waals surface area contributed by atoms with Crippen LogP contribution in [0.3, 0.4) is 0 Å². The molecule has 2 aliphatic heterocycles. The lowest BCUT2D eigenvalue weighted by molar-refractivity contribution is -0.159. The summed E-state index contributed by atoms with van der Waals surface area (Å²) in [4.78, 5) is 28.8. The van der Waals surface area contributed by atoms with Gasteiger partial charge in [0, 0.05) is 30.6 Å².